The topological polar surface area (TPSA) is 30.5 Å². The highest BCUT2D eigenvalue weighted by Crippen LogP contribution is 2.27. The number of methoxy groups -OCH3 is 1. The third-order valence-corrected chi connectivity index (χ3v) is 4.02. The molecule has 19 heavy (non-hydrogen) atoms. The molecule has 1 aliphatic rings. The van der Waals surface area contributed by atoms with Crippen molar-refractivity contribution in [2.75, 3.05) is 26.9 Å². The number of hydrogen-bond donors (Lipinski definition) is 1. The van der Waals surface area contributed by atoms with Crippen LogP contribution in [0.4, 0.5) is 0 Å². The average molecular weight is 284 g/mol. The number of benzene rings is 1. The summed E-state index contributed by atoms with van der Waals surface area (Å²) in [5, 5.41) is 4.29. The smallest absolute Gasteiger partial charge is 0.0985 e. The fraction of sp³-hybridized carbons (Fsp3) is 0.600. The van der Waals surface area contributed by atoms with Gasteiger partial charge in [-0.1, -0.05) is 29.8 Å². The van der Waals surface area contributed by atoms with Crippen LogP contribution in [0.15, 0.2) is 24.3 Å². The Morgan fingerprint density at radius 3 is 2.89 bits per heavy atom. The molecule has 3 nitrogen and oxygen atoms in total. The lowest BCUT2D eigenvalue weighted by molar-refractivity contribution is 0.0717. The van der Waals surface area contributed by atoms with E-state index in [1.165, 1.54) is 0 Å². The van der Waals surface area contributed by atoms with Crippen LogP contribution in [0, 0.1) is 5.92 Å². The van der Waals surface area contributed by atoms with Crippen LogP contribution in [0.2, 0.25) is 5.02 Å². The molecule has 1 N–H and O–H groups in total. The molecule has 3 atom stereocenters. The molecule has 1 aromatic rings. The van der Waals surface area contributed by atoms with Crippen molar-refractivity contribution in [2.45, 2.75) is 25.5 Å². The highest BCUT2D eigenvalue weighted by molar-refractivity contribution is 6.31. The molecule has 1 aliphatic heterocycles. The second-order valence-corrected chi connectivity index (χ2v) is 5.51. The van der Waals surface area contributed by atoms with Gasteiger partial charge in [-0.05, 0) is 25.3 Å². The van der Waals surface area contributed by atoms with E-state index >= 15 is 0 Å². The lowest BCUT2D eigenvalue weighted by Crippen LogP contribution is -2.36. The fourth-order valence-electron chi connectivity index (χ4n) is 2.51. The SMILES string of the molecule is CO[C@H](c1ccccc1Cl)[C@H](C)NC[C@H]1CCOC1. The van der Waals surface area contributed by atoms with Crippen molar-refractivity contribution in [3.05, 3.63) is 34.9 Å². The van der Waals surface area contributed by atoms with E-state index in [0.717, 1.165) is 36.8 Å². The van der Waals surface area contributed by atoms with Gasteiger partial charge in [0.15, 0.2) is 0 Å². The molecule has 1 aromatic carbocycles. The van der Waals surface area contributed by atoms with Crippen molar-refractivity contribution in [1.29, 1.82) is 0 Å². The highest BCUT2D eigenvalue weighted by atomic mass is 35.5. The Labute approximate surface area is 120 Å². The fourth-order valence-corrected chi connectivity index (χ4v) is 2.75. The molecule has 0 amide bonds. The number of halogens is 1. The summed E-state index contributed by atoms with van der Waals surface area (Å²) < 4.78 is 11.0. The first-order valence-corrected chi connectivity index (χ1v) is 7.18. The molecule has 0 bridgehead atoms. The van der Waals surface area contributed by atoms with Gasteiger partial charge in [-0.3, -0.25) is 0 Å². The van der Waals surface area contributed by atoms with Gasteiger partial charge in [-0.15, -0.1) is 0 Å². The van der Waals surface area contributed by atoms with Gasteiger partial charge in [-0.25, -0.2) is 0 Å². The summed E-state index contributed by atoms with van der Waals surface area (Å²) in [6, 6.07) is 8.07. The molecule has 0 aromatic heterocycles. The van der Waals surface area contributed by atoms with E-state index in [2.05, 4.69) is 12.2 Å². The monoisotopic (exact) mass is 283 g/mol. The predicted octanol–water partition coefficient (Wildman–Crippen LogP) is 3.04. The zero-order valence-corrected chi connectivity index (χ0v) is 12.3. The number of nitrogens with one attached hydrogen (secondary N) is 1. The summed E-state index contributed by atoms with van der Waals surface area (Å²) in [5.74, 6) is 0.617. The van der Waals surface area contributed by atoms with Crippen molar-refractivity contribution >= 4 is 11.6 Å². The van der Waals surface area contributed by atoms with Gasteiger partial charge in [0.05, 0.1) is 12.7 Å². The third kappa shape index (κ3) is 3.93. The van der Waals surface area contributed by atoms with Crippen molar-refractivity contribution in [3.8, 4) is 0 Å². The van der Waals surface area contributed by atoms with Gasteiger partial charge in [0, 0.05) is 36.9 Å². The minimum Gasteiger partial charge on any atom is -0.381 e. The van der Waals surface area contributed by atoms with E-state index in [0.29, 0.717) is 5.92 Å². The van der Waals surface area contributed by atoms with E-state index < -0.39 is 0 Å². The second-order valence-electron chi connectivity index (χ2n) is 5.10. The molecular weight excluding hydrogens is 262 g/mol. The largest absolute Gasteiger partial charge is 0.381 e. The van der Waals surface area contributed by atoms with Gasteiger partial charge in [0.1, 0.15) is 0 Å². The summed E-state index contributed by atoms with van der Waals surface area (Å²) >= 11 is 6.24. The Morgan fingerprint density at radius 1 is 1.47 bits per heavy atom. The van der Waals surface area contributed by atoms with Gasteiger partial charge < -0.3 is 14.8 Å². The van der Waals surface area contributed by atoms with Crippen LogP contribution in [0.1, 0.15) is 25.0 Å². The van der Waals surface area contributed by atoms with Crippen molar-refractivity contribution in [2.24, 2.45) is 5.92 Å². The van der Waals surface area contributed by atoms with Gasteiger partial charge >= 0.3 is 0 Å². The normalized spacial score (nSPS) is 22.4. The van der Waals surface area contributed by atoms with Crippen LogP contribution in [-0.4, -0.2) is 32.9 Å². The maximum absolute atomic E-state index is 6.24. The Hall–Kier alpha value is -0.610. The molecular formula is C15H22ClNO2. The molecule has 0 radical (unpaired) electrons. The first-order valence-electron chi connectivity index (χ1n) is 6.80. The Bertz CT molecular complexity index is 393. The maximum Gasteiger partial charge on any atom is 0.0985 e. The van der Waals surface area contributed by atoms with Gasteiger partial charge in [-0.2, -0.15) is 0 Å². The maximum atomic E-state index is 6.24. The molecule has 0 saturated carbocycles. The highest BCUT2D eigenvalue weighted by Gasteiger charge is 2.23. The van der Waals surface area contributed by atoms with Crippen LogP contribution in [0.25, 0.3) is 0 Å². The van der Waals surface area contributed by atoms with E-state index in [9.17, 15) is 0 Å². The molecule has 1 fully saturated rings. The third-order valence-electron chi connectivity index (χ3n) is 3.67. The molecule has 0 aliphatic carbocycles. The first-order chi connectivity index (χ1) is 9.22. The quantitative estimate of drug-likeness (QED) is 0.870. The van der Waals surface area contributed by atoms with E-state index in [1.54, 1.807) is 7.11 Å². The van der Waals surface area contributed by atoms with Gasteiger partial charge in [0.25, 0.3) is 0 Å². The summed E-state index contributed by atoms with van der Waals surface area (Å²) in [4.78, 5) is 0. The lowest BCUT2D eigenvalue weighted by atomic mass is 10.0. The van der Waals surface area contributed by atoms with Crippen molar-refractivity contribution in [1.82, 2.24) is 5.32 Å². The summed E-state index contributed by atoms with van der Waals surface area (Å²) in [6.07, 6.45) is 1.11. The predicted molar refractivity (Wildman–Crippen MR) is 77.6 cm³/mol. The van der Waals surface area contributed by atoms with E-state index in [4.69, 9.17) is 21.1 Å². The minimum absolute atomic E-state index is 0.0315. The zero-order valence-electron chi connectivity index (χ0n) is 11.6. The van der Waals surface area contributed by atoms with Crippen LogP contribution in [0.3, 0.4) is 0 Å². The molecule has 1 saturated heterocycles. The van der Waals surface area contributed by atoms with Crippen LogP contribution >= 0.6 is 11.6 Å². The van der Waals surface area contributed by atoms with E-state index in [1.807, 2.05) is 24.3 Å². The molecule has 106 valence electrons. The average Bonchev–Trinajstić information content (AvgIpc) is 2.92. The molecule has 2 rings (SSSR count). The number of hydrogen-bond acceptors (Lipinski definition) is 3. The zero-order chi connectivity index (χ0) is 13.7. The standard InChI is InChI=1S/C15H22ClNO2/c1-11(17-9-12-7-8-19-10-12)15(18-2)13-5-3-4-6-14(13)16/h3-6,11-12,15,17H,7-10H2,1-2H3/t11-,12+,15-/m0/s1. The van der Waals surface area contributed by atoms with Crippen LogP contribution in [-0.2, 0) is 9.47 Å². The molecule has 1 heterocycles. The Kier molecular flexibility index (Phi) is 5.64. The van der Waals surface area contributed by atoms with E-state index in [-0.39, 0.29) is 12.1 Å². The van der Waals surface area contributed by atoms with Crippen molar-refractivity contribution < 1.29 is 9.47 Å². The second kappa shape index (κ2) is 7.25. The lowest BCUT2D eigenvalue weighted by Gasteiger charge is -2.26. The Morgan fingerprint density at radius 2 is 2.26 bits per heavy atom. The molecule has 4 heteroatoms. The summed E-state index contributed by atoms with van der Waals surface area (Å²) in [7, 11) is 1.73. The van der Waals surface area contributed by atoms with Gasteiger partial charge in [0.2, 0.25) is 0 Å². The summed E-state index contributed by atoms with van der Waals surface area (Å²) in [5.41, 5.74) is 1.04. The number of rotatable bonds is 6. The minimum atomic E-state index is -0.0315. The summed E-state index contributed by atoms with van der Waals surface area (Å²) in [6.45, 7) is 4.85. The molecule has 0 spiro atoms. The van der Waals surface area contributed by atoms with Crippen molar-refractivity contribution in [3.63, 3.8) is 0 Å². The number of ether oxygens (including phenoxy) is 2. The molecule has 0 unspecified atom stereocenters. The van der Waals surface area contributed by atoms with Crippen LogP contribution in [0.5, 0.6) is 0 Å². The van der Waals surface area contributed by atoms with Crippen LogP contribution < -0.4 is 5.32 Å². The first kappa shape index (κ1) is 14.8. The Balaban J connectivity index is 1.94.